The van der Waals surface area contributed by atoms with Crippen LogP contribution in [0.3, 0.4) is 0 Å². The van der Waals surface area contributed by atoms with E-state index in [9.17, 15) is 0 Å². The number of hydrogen-bond donors (Lipinski definition) is 2. The molecule has 0 spiro atoms. The monoisotopic (exact) mass is 533 g/mol. The Balaban J connectivity index is 1.05. The molecule has 7 heteroatoms. The van der Waals surface area contributed by atoms with E-state index < -0.39 is 0 Å². The van der Waals surface area contributed by atoms with Gasteiger partial charge in [-0.3, -0.25) is 14.9 Å². The Kier molecular flexibility index (Phi) is 8.43. The van der Waals surface area contributed by atoms with Crippen LogP contribution in [0.1, 0.15) is 23.1 Å². The zero-order valence-corrected chi connectivity index (χ0v) is 22.7. The van der Waals surface area contributed by atoms with Crippen molar-refractivity contribution in [3.8, 4) is 11.3 Å². The molecule has 1 fully saturated rings. The first kappa shape index (κ1) is 26.2. The normalized spacial score (nSPS) is 14.0. The summed E-state index contributed by atoms with van der Waals surface area (Å²) in [6.07, 6.45) is 9.33. The van der Waals surface area contributed by atoms with E-state index in [4.69, 9.17) is 14.1 Å². The molecular weight excluding hydrogens is 498 g/mol. The summed E-state index contributed by atoms with van der Waals surface area (Å²) in [6.45, 7) is 6.78. The van der Waals surface area contributed by atoms with Crippen molar-refractivity contribution in [3.63, 3.8) is 0 Å². The molecule has 2 N–H and O–H groups in total. The fourth-order valence-corrected chi connectivity index (χ4v) is 5.09. The molecule has 0 amide bonds. The van der Waals surface area contributed by atoms with Crippen LogP contribution in [0.4, 0.5) is 11.4 Å². The third kappa shape index (κ3) is 6.74. The van der Waals surface area contributed by atoms with E-state index >= 15 is 0 Å². The lowest BCUT2D eigenvalue weighted by atomic mass is 10.1. The first-order chi connectivity index (χ1) is 19.8. The third-order valence-corrected chi connectivity index (χ3v) is 7.35. The molecule has 4 heterocycles. The maximum atomic E-state index is 5.42. The largest absolute Gasteiger partial charge is 0.472 e. The number of pyridine rings is 2. The van der Waals surface area contributed by atoms with Gasteiger partial charge in [0.05, 0.1) is 37.0 Å². The van der Waals surface area contributed by atoms with Gasteiger partial charge in [0, 0.05) is 60.8 Å². The van der Waals surface area contributed by atoms with E-state index in [1.165, 1.54) is 16.7 Å². The Labute approximate surface area is 235 Å². The quantitative estimate of drug-likeness (QED) is 0.201. The smallest absolute Gasteiger partial charge is 0.0937 e. The first-order valence-corrected chi connectivity index (χ1v) is 14.0. The van der Waals surface area contributed by atoms with Gasteiger partial charge in [0.1, 0.15) is 0 Å². The predicted octanol–water partition coefficient (Wildman–Crippen LogP) is 6.04. The number of aromatic nitrogens is 2. The molecule has 6 rings (SSSR count). The van der Waals surface area contributed by atoms with Crippen LogP contribution in [-0.2, 0) is 17.7 Å². The van der Waals surface area contributed by atoms with Gasteiger partial charge in [-0.05, 0) is 72.6 Å². The van der Waals surface area contributed by atoms with E-state index in [0.29, 0.717) is 0 Å². The van der Waals surface area contributed by atoms with Crippen LogP contribution in [0.2, 0.25) is 0 Å². The molecule has 0 radical (unpaired) electrons. The molecular formula is C33H35N5O2. The van der Waals surface area contributed by atoms with Crippen molar-refractivity contribution in [2.75, 3.05) is 44.7 Å². The summed E-state index contributed by atoms with van der Waals surface area (Å²) in [5.74, 6) is 0. The standard InChI is InChI=1S/C33H35N5O2/c1(14-38-15-18-39-19-16-38)12-34-22-27-4-9-31(36-23-27)28-5-8-30-32(10-13-35-33(30)21-28)37-29-6-2-25(3-7-29)20-26-11-17-40-24-26/h2-11,13,17,21,23-24,34H,1,12,14-16,18-20,22H2,(H,35,37). The minimum absolute atomic E-state index is 0.828. The van der Waals surface area contributed by atoms with Gasteiger partial charge in [-0.2, -0.15) is 0 Å². The van der Waals surface area contributed by atoms with Crippen LogP contribution in [0.25, 0.3) is 22.2 Å². The van der Waals surface area contributed by atoms with Gasteiger partial charge in [0.25, 0.3) is 0 Å². The topological polar surface area (TPSA) is 75.5 Å². The minimum Gasteiger partial charge on any atom is -0.472 e. The summed E-state index contributed by atoms with van der Waals surface area (Å²) >= 11 is 0. The molecule has 7 nitrogen and oxygen atoms in total. The Bertz CT molecular complexity index is 1490. The fourth-order valence-electron chi connectivity index (χ4n) is 5.09. The molecule has 0 atom stereocenters. The fraction of sp³-hybridized carbons (Fsp3) is 0.273. The molecule has 0 bridgehead atoms. The zero-order valence-electron chi connectivity index (χ0n) is 22.7. The Morgan fingerprint density at radius 1 is 0.850 bits per heavy atom. The van der Waals surface area contributed by atoms with Crippen molar-refractivity contribution in [1.82, 2.24) is 20.2 Å². The van der Waals surface area contributed by atoms with Crippen LogP contribution in [0.5, 0.6) is 0 Å². The second-order valence-electron chi connectivity index (χ2n) is 10.3. The lowest BCUT2D eigenvalue weighted by molar-refractivity contribution is 0.0374. The van der Waals surface area contributed by atoms with Crippen molar-refractivity contribution < 1.29 is 9.15 Å². The minimum atomic E-state index is 0.828. The lowest BCUT2D eigenvalue weighted by Gasteiger charge is -2.26. The van der Waals surface area contributed by atoms with Crippen LogP contribution >= 0.6 is 0 Å². The molecule has 0 aliphatic carbocycles. The maximum Gasteiger partial charge on any atom is 0.0937 e. The number of anilines is 2. The van der Waals surface area contributed by atoms with Crippen LogP contribution in [-0.4, -0.2) is 54.3 Å². The first-order valence-electron chi connectivity index (χ1n) is 14.0. The molecule has 1 saturated heterocycles. The Morgan fingerprint density at radius 2 is 1.73 bits per heavy atom. The van der Waals surface area contributed by atoms with Crippen LogP contribution in [0.15, 0.2) is 96.1 Å². The van der Waals surface area contributed by atoms with Gasteiger partial charge in [-0.25, -0.2) is 0 Å². The predicted molar refractivity (Wildman–Crippen MR) is 160 cm³/mol. The lowest BCUT2D eigenvalue weighted by Crippen LogP contribution is -2.37. The summed E-state index contributed by atoms with van der Waals surface area (Å²) < 4.78 is 10.6. The maximum absolute atomic E-state index is 5.42. The van der Waals surface area contributed by atoms with Crippen LogP contribution in [0, 0.1) is 0 Å². The zero-order chi connectivity index (χ0) is 27.0. The highest BCUT2D eigenvalue weighted by Crippen LogP contribution is 2.29. The second-order valence-corrected chi connectivity index (χ2v) is 10.3. The highest BCUT2D eigenvalue weighted by molar-refractivity contribution is 5.95. The van der Waals surface area contributed by atoms with Gasteiger partial charge in [0.15, 0.2) is 0 Å². The highest BCUT2D eigenvalue weighted by atomic mass is 16.5. The van der Waals surface area contributed by atoms with E-state index in [1.807, 2.05) is 24.5 Å². The average molecular weight is 534 g/mol. The number of hydrogen-bond acceptors (Lipinski definition) is 7. The number of nitrogens with zero attached hydrogens (tertiary/aromatic N) is 3. The van der Waals surface area contributed by atoms with Gasteiger partial charge in [-0.1, -0.05) is 30.3 Å². The van der Waals surface area contributed by atoms with Crippen molar-refractivity contribution in [2.45, 2.75) is 19.4 Å². The molecule has 0 unspecified atom stereocenters. The molecule has 5 aromatic rings. The van der Waals surface area contributed by atoms with Crippen molar-refractivity contribution >= 4 is 22.3 Å². The second kappa shape index (κ2) is 12.9. The van der Waals surface area contributed by atoms with E-state index in [0.717, 1.165) is 92.3 Å². The van der Waals surface area contributed by atoms with E-state index in [2.05, 4.69) is 75.1 Å². The number of benzene rings is 2. The Hall–Kier alpha value is -4.04. The highest BCUT2D eigenvalue weighted by Gasteiger charge is 2.10. The number of furan rings is 1. The van der Waals surface area contributed by atoms with Crippen molar-refractivity contribution in [3.05, 3.63) is 108 Å². The van der Waals surface area contributed by atoms with Gasteiger partial charge in [-0.15, -0.1) is 0 Å². The summed E-state index contributed by atoms with van der Waals surface area (Å²) in [7, 11) is 0. The van der Waals surface area contributed by atoms with Gasteiger partial charge >= 0.3 is 0 Å². The number of nitrogens with one attached hydrogen (secondary N) is 2. The molecule has 1 aliphatic heterocycles. The summed E-state index contributed by atoms with van der Waals surface area (Å²) in [4.78, 5) is 11.9. The molecule has 3 aromatic heterocycles. The van der Waals surface area contributed by atoms with Gasteiger partial charge in [0.2, 0.25) is 0 Å². The summed E-state index contributed by atoms with van der Waals surface area (Å²) in [5, 5.41) is 8.18. The SMILES string of the molecule is c1cc(Nc2ccc(Cc3ccoc3)cc2)c2ccc(-c3ccc(CNCCCN4CCOCC4)cn3)cc2n1. The molecule has 40 heavy (non-hydrogen) atoms. The molecule has 1 aliphatic rings. The molecule has 0 saturated carbocycles. The number of ether oxygens (including phenoxy) is 1. The summed E-state index contributed by atoms with van der Waals surface area (Å²) in [5.41, 5.74) is 8.63. The van der Waals surface area contributed by atoms with Crippen molar-refractivity contribution in [1.29, 1.82) is 0 Å². The van der Waals surface area contributed by atoms with Gasteiger partial charge < -0.3 is 19.8 Å². The van der Waals surface area contributed by atoms with Crippen LogP contribution < -0.4 is 10.6 Å². The Morgan fingerprint density at radius 3 is 2.52 bits per heavy atom. The average Bonchev–Trinajstić information content (AvgIpc) is 3.52. The van der Waals surface area contributed by atoms with E-state index in [-0.39, 0.29) is 0 Å². The third-order valence-electron chi connectivity index (χ3n) is 7.35. The molecule has 204 valence electrons. The summed E-state index contributed by atoms with van der Waals surface area (Å²) in [6, 6.07) is 23.1. The number of fused-ring (bicyclic) bond motifs is 1. The van der Waals surface area contributed by atoms with E-state index in [1.54, 1.807) is 12.5 Å². The number of rotatable bonds is 11. The molecule has 2 aromatic carbocycles. The van der Waals surface area contributed by atoms with Crippen molar-refractivity contribution in [2.24, 2.45) is 0 Å². The number of morpholine rings is 1.